The summed E-state index contributed by atoms with van der Waals surface area (Å²) in [5.74, 6) is -0.488. The monoisotopic (exact) mass is 561 g/mol. The van der Waals surface area contributed by atoms with E-state index in [0.717, 1.165) is 16.9 Å². The van der Waals surface area contributed by atoms with Crippen molar-refractivity contribution in [3.05, 3.63) is 108 Å². The minimum absolute atomic E-state index is 0.218. The van der Waals surface area contributed by atoms with Crippen LogP contribution in [-0.2, 0) is 9.53 Å². The summed E-state index contributed by atoms with van der Waals surface area (Å²) in [7, 11) is 3.92. The third-order valence-electron chi connectivity index (χ3n) is 6.57. The number of aryl methyl sites for hydroxylation is 1. The van der Waals surface area contributed by atoms with Crippen LogP contribution in [-0.4, -0.2) is 41.0 Å². The Bertz CT molecular complexity index is 1770. The molecular formula is C29H28ClN5O3S. The molecule has 1 aliphatic rings. The summed E-state index contributed by atoms with van der Waals surface area (Å²) >= 11 is 8.00. The highest BCUT2D eigenvalue weighted by atomic mass is 35.5. The summed E-state index contributed by atoms with van der Waals surface area (Å²) in [5, 5.41) is 5.00. The van der Waals surface area contributed by atoms with E-state index in [-0.39, 0.29) is 12.2 Å². The molecule has 3 heterocycles. The van der Waals surface area contributed by atoms with Crippen LogP contribution in [0.3, 0.4) is 0 Å². The van der Waals surface area contributed by atoms with Crippen molar-refractivity contribution in [2.75, 3.05) is 25.6 Å². The van der Waals surface area contributed by atoms with Crippen molar-refractivity contribution >= 4 is 40.7 Å². The molecule has 1 atom stereocenters. The Hall–Kier alpha value is -3.95. The van der Waals surface area contributed by atoms with E-state index in [9.17, 15) is 9.59 Å². The average molecular weight is 562 g/mol. The van der Waals surface area contributed by atoms with Gasteiger partial charge in [0.1, 0.15) is 5.15 Å². The number of rotatable bonds is 6. The number of para-hydroxylation sites is 1. The average Bonchev–Trinajstić information content (AvgIpc) is 3.38. The number of hydrogen-bond donors (Lipinski definition) is 0. The molecule has 0 saturated heterocycles. The number of nitrogens with zero attached hydrogens (tertiary/aromatic N) is 5. The van der Waals surface area contributed by atoms with Crippen molar-refractivity contribution in [3.8, 4) is 5.69 Å². The summed E-state index contributed by atoms with van der Waals surface area (Å²) in [6.45, 7) is 5.60. The molecule has 10 heteroatoms. The molecule has 0 unspecified atom stereocenters. The number of thiazole rings is 1. The van der Waals surface area contributed by atoms with E-state index in [4.69, 9.17) is 16.3 Å². The third kappa shape index (κ3) is 4.84. The predicted octanol–water partition coefficient (Wildman–Crippen LogP) is 4.01. The van der Waals surface area contributed by atoms with Crippen molar-refractivity contribution in [2.24, 2.45) is 4.99 Å². The first-order valence-corrected chi connectivity index (χ1v) is 13.7. The Kier molecular flexibility index (Phi) is 7.29. The second-order valence-corrected chi connectivity index (χ2v) is 10.7. The van der Waals surface area contributed by atoms with Crippen molar-refractivity contribution in [1.29, 1.82) is 0 Å². The van der Waals surface area contributed by atoms with E-state index in [2.05, 4.69) is 10.1 Å². The second kappa shape index (κ2) is 10.7. The molecular weight excluding hydrogens is 534 g/mol. The molecule has 2 aromatic carbocycles. The van der Waals surface area contributed by atoms with Gasteiger partial charge in [-0.3, -0.25) is 9.36 Å². The maximum atomic E-state index is 13.9. The van der Waals surface area contributed by atoms with Gasteiger partial charge in [0.15, 0.2) is 4.80 Å². The van der Waals surface area contributed by atoms with Gasteiger partial charge in [-0.2, -0.15) is 5.10 Å². The maximum Gasteiger partial charge on any atom is 0.338 e. The summed E-state index contributed by atoms with van der Waals surface area (Å²) in [5.41, 5.74) is 4.56. The fourth-order valence-corrected chi connectivity index (χ4v) is 5.96. The topological polar surface area (TPSA) is 81.7 Å². The summed E-state index contributed by atoms with van der Waals surface area (Å²) in [6.07, 6.45) is 1.75. The fourth-order valence-electron chi connectivity index (χ4n) is 4.61. The summed E-state index contributed by atoms with van der Waals surface area (Å²) < 4.78 is 9.05. The number of carbonyl (C=O) groups is 1. The van der Waals surface area contributed by atoms with Gasteiger partial charge in [-0.1, -0.05) is 53.3 Å². The van der Waals surface area contributed by atoms with E-state index >= 15 is 0 Å². The van der Waals surface area contributed by atoms with Crippen LogP contribution in [0.1, 0.15) is 36.7 Å². The van der Waals surface area contributed by atoms with Gasteiger partial charge >= 0.3 is 5.97 Å². The number of ether oxygens (including phenoxy) is 1. The van der Waals surface area contributed by atoms with Crippen LogP contribution >= 0.6 is 22.9 Å². The first-order chi connectivity index (χ1) is 18.7. The van der Waals surface area contributed by atoms with Crippen LogP contribution in [0.25, 0.3) is 11.8 Å². The van der Waals surface area contributed by atoms with Gasteiger partial charge in [-0.15, -0.1) is 0 Å². The first-order valence-electron chi connectivity index (χ1n) is 12.5. The SMILES string of the molecule is CCOC(=O)C1=C(C)N=c2s/c(=C/c3c(C)nn(-c4ccccc4)c3Cl)c(=O)n2[C@@H]1c1ccc(N(C)C)cc1. The third-order valence-corrected chi connectivity index (χ3v) is 7.91. The van der Waals surface area contributed by atoms with E-state index in [0.29, 0.717) is 37.0 Å². The molecule has 0 aliphatic carbocycles. The van der Waals surface area contributed by atoms with Crippen LogP contribution in [0.2, 0.25) is 5.15 Å². The molecule has 0 fully saturated rings. The molecule has 0 radical (unpaired) electrons. The van der Waals surface area contributed by atoms with E-state index in [1.807, 2.05) is 80.5 Å². The van der Waals surface area contributed by atoms with E-state index in [1.54, 1.807) is 29.2 Å². The Balaban J connectivity index is 1.69. The van der Waals surface area contributed by atoms with Crippen LogP contribution in [0.4, 0.5) is 5.69 Å². The zero-order valence-corrected chi connectivity index (χ0v) is 23.9. The smallest absolute Gasteiger partial charge is 0.338 e. The lowest BCUT2D eigenvalue weighted by Crippen LogP contribution is -2.40. The quantitative estimate of drug-likeness (QED) is 0.332. The first kappa shape index (κ1) is 26.6. The van der Waals surface area contributed by atoms with Crippen LogP contribution in [0.15, 0.2) is 75.7 Å². The molecule has 1 aliphatic heterocycles. The second-order valence-electron chi connectivity index (χ2n) is 9.33. The van der Waals surface area contributed by atoms with Gasteiger partial charge in [-0.05, 0) is 56.7 Å². The minimum atomic E-state index is -0.678. The highest BCUT2D eigenvalue weighted by Crippen LogP contribution is 2.32. The Morgan fingerprint density at radius 1 is 1.13 bits per heavy atom. The Labute approximate surface area is 234 Å². The Morgan fingerprint density at radius 2 is 1.82 bits per heavy atom. The molecule has 200 valence electrons. The summed E-state index contributed by atoms with van der Waals surface area (Å²) in [6, 6.07) is 16.7. The van der Waals surface area contributed by atoms with Crippen molar-refractivity contribution in [3.63, 3.8) is 0 Å². The number of esters is 1. The molecule has 2 aromatic heterocycles. The van der Waals surface area contributed by atoms with Gasteiger partial charge in [-0.25, -0.2) is 14.5 Å². The number of hydrogen-bond acceptors (Lipinski definition) is 7. The number of fused-ring (bicyclic) bond motifs is 1. The zero-order valence-electron chi connectivity index (χ0n) is 22.3. The molecule has 8 nitrogen and oxygen atoms in total. The van der Waals surface area contributed by atoms with Crippen molar-refractivity contribution in [2.45, 2.75) is 26.8 Å². The molecule has 0 bridgehead atoms. The number of anilines is 1. The molecule has 4 aromatic rings. The zero-order chi connectivity index (χ0) is 27.8. The minimum Gasteiger partial charge on any atom is -0.463 e. The number of allylic oxidation sites excluding steroid dienone is 1. The maximum absolute atomic E-state index is 13.9. The van der Waals surface area contributed by atoms with Crippen LogP contribution in [0.5, 0.6) is 0 Å². The van der Waals surface area contributed by atoms with Crippen molar-refractivity contribution in [1.82, 2.24) is 14.3 Å². The highest BCUT2D eigenvalue weighted by molar-refractivity contribution is 7.07. The number of halogens is 1. The molecule has 0 N–H and O–H groups in total. The lowest BCUT2D eigenvalue weighted by Gasteiger charge is -2.25. The van der Waals surface area contributed by atoms with Crippen LogP contribution in [0, 0.1) is 6.92 Å². The number of aromatic nitrogens is 3. The fraction of sp³-hybridized carbons (Fsp3) is 0.241. The normalized spacial score (nSPS) is 15.2. The number of benzene rings is 2. The van der Waals surface area contributed by atoms with Crippen LogP contribution < -0.4 is 19.8 Å². The van der Waals surface area contributed by atoms with E-state index < -0.39 is 12.0 Å². The molecule has 5 rings (SSSR count). The number of carbonyl (C=O) groups excluding carboxylic acids is 1. The largest absolute Gasteiger partial charge is 0.463 e. The van der Waals surface area contributed by atoms with Crippen molar-refractivity contribution < 1.29 is 9.53 Å². The molecule has 0 amide bonds. The lowest BCUT2D eigenvalue weighted by atomic mass is 9.95. The predicted molar refractivity (Wildman–Crippen MR) is 154 cm³/mol. The van der Waals surface area contributed by atoms with E-state index in [1.165, 1.54) is 11.3 Å². The summed E-state index contributed by atoms with van der Waals surface area (Å²) in [4.78, 5) is 34.2. The van der Waals surface area contributed by atoms with Gasteiger partial charge < -0.3 is 9.64 Å². The van der Waals surface area contributed by atoms with Gasteiger partial charge in [0.2, 0.25) is 0 Å². The molecule has 0 saturated carbocycles. The lowest BCUT2D eigenvalue weighted by molar-refractivity contribution is -0.139. The highest BCUT2D eigenvalue weighted by Gasteiger charge is 2.33. The molecule has 39 heavy (non-hydrogen) atoms. The van der Waals surface area contributed by atoms with Gasteiger partial charge in [0, 0.05) is 25.3 Å². The molecule has 0 spiro atoms. The Morgan fingerprint density at radius 3 is 2.46 bits per heavy atom. The standard InChI is InChI=1S/C29H28ClN5O3S/c1-6-38-28(37)24-18(3)31-29-34(25(24)19-12-14-20(15-13-19)33(4)5)27(36)23(39-29)16-22-17(2)32-35(26(22)30)21-10-8-7-9-11-21/h7-16,25H,6H2,1-5H3/b23-16+/t25-/m1/s1. The van der Waals surface area contributed by atoms with Gasteiger partial charge in [0.05, 0.1) is 39.8 Å². The van der Waals surface area contributed by atoms with Gasteiger partial charge in [0.25, 0.3) is 5.56 Å².